The number of nitrogens with zero attached hydrogens (tertiary/aromatic N) is 5. The molecule has 12 heteroatoms. The monoisotopic (exact) mass is 560 g/mol. The van der Waals surface area contributed by atoms with E-state index in [1.807, 2.05) is 4.90 Å². The van der Waals surface area contributed by atoms with Gasteiger partial charge in [-0.2, -0.15) is 13.2 Å². The summed E-state index contributed by atoms with van der Waals surface area (Å²) in [5.74, 6) is 0.934. The minimum absolute atomic E-state index is 0. The molecule has 2 aliphatic heterocycles. The van der Waals surface area contributed by atoms with Crippen LogP contribution >= 0.6 is 35.3 Å². The molecule has 0 spiro atoms. The largest absolute Gasteiger partial charge is 0.434 e. The predicted molar refractivity (Wildman–Crippen MR) is 121 cm³/mol. The Balaban J connectivity index is 0.00000320. The number of rotatable bonds is 5. The number of likely N-dealkylation sites (tertiary alicyclic amines) is 1. The van der Waals surface area contributed by atoms with Crippen molar-refractivity contribution in [1.82, 2.24) is 25.0 Å². The molecule has 0 bridgehead atoms. The minimum atomic E-state index is -4.39. The number of hydrogen-bond donors (Lipinski definition) is 1. The Kier molecular flexibility index (Phi) is 9.60. The van der Waals surface area contributed by atoms with Gasteiger partial charge in [-0.25, -0.2) is 4.98 Å². The van der Waals surface area contributed by atoms with Crippen molar-refractivity contribution in [1.29, 1.82) is 0 Å². The lowest BCUT2D eigenvalue weighted by Crippen LogP contribution is -2.54. The van der Waals surface area contributed by atoms with E-state index < -0.39 is 11.9 Å². The number of carbonyl (C=O) groups is 1. The standard InChI is InChI=1S/C18H27F3N6OS.HI/c1-22-17(23-5-4-15-24-14(13-29-15)18(19,20)21)27-10-8-25(9-11-27)12-16(28)26-6-2-3-7-26;/h13H,2-12H2,1H3,(H,22,23);1H. The van der Waals surface area contributed by atoms with Crippen molar-refractivity contribution in [2.45, 2.75) is 25.4 Å². The van der Waals surface area contributed by atoms with Gasteiger partial charge in [-0.3, -0.25) is 14.7 Å². The van der Waals surface area contributed by atoms with Crippen molar-refractivity contribution in [2.24, 2.45) is 4.99 Å². The molecule has 2 fully saturated rings. The molecule has 3 heterocycles. The van der Waals surface area contributed by atoms with Crippen LogP contribution in [0.2, 0.25) is 0 Å². The molecule has 30 heavy (non-hydrogen) atoms. The molecule has 3 rings (SSSR count). The molecule has 0 aromatic carbocycles. The highest BCUT2D eigenvalue weighted by atomic mass is 127. The molecule has 1 aromatic rings. The molecule has 0 saturated carbocycles. The van der Waals surface area contributed by atoms with Crippen LogP contribution in [0.1, 0.15) is 23.5 Å². The molecule has 2 saturated heterocycles. The summed E-state index contributed by atoms with van der Waals surface area (Å²) in [6, 6.07) is 0. The van der Waals surface area contributed by atoms with E-state index in [4.69, 9.17) is 0 Å². The maximum Gasteiger partial charge on any atom is 0.434 e. The summed E-state index contributed by atoms with van der Waals surface area (Å²) < 4.78 is 37.9. The van der Waals surface area contributed by atoms with Crippen LogP contribution in [-0.4, -0.2) is 91.0 Å². The van der Waals surface area contributed by atoms with Gasteiger partial charge in [0.15, 0.2) is 11.7 Å². The van der Waals surface area contributed by atoms with Crippen LogP contribution in [0.3, 0.4) is 0 Å². The van der Waals surface area contributed by atoms with Crippen LogP contribution in [0.4, 0.5) is 13.2 Å². The summed E-state index contributed by atoms with van der Waals surface area (Å²) in [7, 11) is 1.69. The zero-order valence-electron chi connectivity index (χ0n) is 17.0. The maximum absolute atomic E-state index is 12.6. The van der Waals surface area contributed by atoms with E-state index in [2.05, 4.69) is 25.1 Å². The van der Waals surface area contributed by atoms with E-state index in [1.54, 1.807) is 7.05 Å². The van der Waals surface area contributed by atoms with Crippen molar-refractivity contribution in [3.05, 3.63) is 16.1 Å². The van der Waals surface area contributed by atoms with Crippen molar-refractivity contribution in [2.75, 3.05) is 59.4 Å². The SMILES string of the molecule is CN=C(NCCc1nc(C(F)(F)F)cs1)N1CCN(CC(=O)N2CCCC2)CC1.I. The van der Waals surface area contributed by atoms with Crippen molar-refractivity contribution in [3.8, 4) is 0 Å². The van der Waals surface area contributed by atoms with E-state index in [0.29, 0.717) is 24.5 Å². The molecule has 7 nitrogen and oxygen atoms in total. The van der Waals surface area contributed by atoms with Crippen molar-refractivity contribution >= 4 is 47.2 Å². The molecule has 0 aliphatic carbocycles. The van der Waals surface area contributed by atoms with Crippen LogP contribution in [-0.2, 0) is 17.4 Å². The molecule has 0 radical (unpaired) electrons. The normalized spacial score (nSPS) is 18.5. The quantitative estimate of drug-likeness (QED) is 0.340. The van der Waals surface area contributed by atoms with Crippen LogP contribution in [0.15, 0.2) is 10.4 Å². The number of piperazine rings is 1. The van der Waals surface area contributed by atoms with Gasteiger partial charge in [-0.1, -0.05) is 0 Å². The van der Waals surface area contributed by atoms with Crippen LogP contribution in [0.25, 0.3) is 0 Å². The Bertz CT molecular complexity index is 715. The lowest BCUT2D eigenvalue weighted by atomic mass is 10.3. The summed E-state index contributed by atoms with van der Waals surface area (Å²) in [6.45, 7) is 5.74. The summed E-state index contributed by atoms with van der Waals surface area (Å²) in [5.41, 5.74) is -0.832. The molecule has 0 atom stereocenters. The fraction of sp³-hybridized carbons (Fsp3) is 0.722. The smallest absolute Gasteiger partial charge is 0.356 e. The summed E-state index contributed by atoms with van der Waals surface area (Å²) in [4.78, 5) is 26.4. The molecule has 1 aromatic heterocycles. The second-order valence-corrected chi connectivity index (χ2v) is 8.14. The van der Waals surface area contributed by atoms with Gasteiger partial charge in [0.05, 0.1) is 11.6 Å². The fourth-order valence-corrected chi connectivity index (χ4v) is 4.35. The summed E-state index contributed by atoms with van der Waals surface area (Å²) >= 11 is 1.02. The van der Waals surface area contributed by atoms with E-state index in [9.17, 15) is 18.0 Å². The number of guanidine groups is 1. The second-order valence-electron chi connectivity index (χ2n) is 7.20. The third-order valence-corrected chi connectivity index (χ3v) is 6.07. The van der Waals surface area contributed by atoms with Gasteiger partial charge in [0.2, 0.25) is 5.91 Å². The van der Waals surface area contributed by atoms with Gasteiger partial charge < -0.3 is 15.1 Å². The third kappa shape index (κ3) is 6.94. The van der Waals surface area contributed by atoms with E-state index in [1.165, 1.54) is 0 Å². The average Bonchev–Trinajstić information content (AvgIpc) is 3.38. The number of amides is 1. The second kappa shape index (κ2) is 11.5. The number of aliphatic imine (C=N–C) groups is 1. The first kappa shape index (κ1) is 25.1. The fourth-order valence-electron chi connectivity index (χ4n) is 3.55. The molecular weight excluding hydrogens is 532 g/mol. The Morgan fingerprint density at radius 3 is 2.40 bits per heavy atom. The van der Waals surface area contributed by atoms with Gasteiger partial charge in [-0.05, 0) is 12.8 Å². The van der Waals surface area contributed by atoms with Crippen LogP contribution in [0, 0.1) is 0 Å². The molecule has 2 aliphatic rings. The number of carbonyl (C=O) groups excluding carboxylic acids is 1. The first-order chi connectivity index (χ1) is 13.9. The van der Waals surface area contributed by atoms with Crippen molar-refractivity contribution < 1.29 is 18.0 Å². The molecule has 1 N–H and O–H groups in total. The molecule has 170 valence electrons. The Morgan fingerprint density at radius 1 is 1.17 bits per heavy atom. The van der Waals surface area contributed by atoms with E-state index >= 15 is 0 Å². The zero-order chi connectivity index (χ0) is 20.9. The van der Waals surface area contributed by atoms with Gasteiger partial charge in [-0.15, -0.1) is 35.3 Å². The summed E-state index contributed by atoms with van der Waals surface area (Å²) in [5, 5.41) is 4.70. The van der Waals surface area contributed by atoms with Gasteiger partial charge >= 0.3 is 6.18 Å². The van der Waals surface area contributed by atoms with Gasteiger partial charge in [0.25, 0.3) is 0 Å². The molecular formula is C18H28F3IN6OS. The van der Waals surface area contributed by atoms with Crippen molar-refractivity contribution in [3.63, 3.8) is 0 Å². The summed E-state index contributed by atoms with van der Waals surface area (Å²) in [6.07, 6.45) is -1.79. The number of halogens is 4. The number of hydrogen-bond acceptors (Lipinski definition) is 5. The molecule has 1 amide bonds. The van der Waals surface area contributed by atoms with E-state index in [0.717, 1.165) is 74.8 Å². The average molecular weight is 560 g/mol. The number of alkyl halides is 3. The minimum Gasteiger partial charge on any atom is -0.356 e. The number of aromatic nitrogens is 1. The Hall–Kier alpha value is -1.15. The highest BCUT2D eigenvalue weighted by Crippen LogP contribution is 2.30. The van der Waals surface area contributed by atoms with Gasteiger partial charge in [0.1, 0.15) is 0 Å². The van der Waals surface area contributed by atoms with Gasteiger partial charge in [0, 0.05) is 64.7 Å². The zero-order valence-corrected chi connectivity index (χ0v) is 20.1. The highest BCUT2D eigenvalue weighted by molar-refractivity contribution is 14.0. The van der Waals surface area contributed by atoms with Crippen LogP contribution in [0.5, 0.6) is 0 Å². The van der Waals surface area contributed by atoms with E-state index in [-0.39, 0.29) is 29.9 Å². The Morgan fingerprint density at radius 2 is 1.83 bits per heavy atom. The first-order valence-electron chi connectivity index (χ1n) is 9.84. The topological polar surface area (TPSA) is 64.1 Å². The number of thiazole rings is 1. The lowest BCUT2D eigenvalue weighted by Gasteiger charge is -2.36. The first-order valence-corrected chi connectivity index (χ1v) is 10.7. The predicted octanol–water partition coefficient (Wildman–Crippen LogP) is 2.14. The van der Waals surface area contributed by atoms with Crippen LogP contribution < -0.4 is 5.32 Å². The Labute approximate surface area is 195 Å². The third-order valence-electron chi connectivity index (χ3n) is 5.17. The maximum atomic E-state index is 12.6. The molecule has 0 unspecified atom stereocenters. The number of nitrogens with one attached hydrogen (secondary N) is 1. The lowest BCUT2D eigenvalue weighted by molar-refractivity contribution is -0.140. The highest BCUT2D eigenvalue weighted by Gasteiger charge is 2.33.